The van der Waals surface area contributed by atoms with Crippen LogP contribution in [0.15, 0.2) is 34.7 Å². The maximum absolute atomic E-state index is 6.02. The minimum atomic E-state index is 0.341. The van der Waals surface area contributed by atoms with Gasteiger partial charge in [-0.3, -0.25) is 0 Å². The minimum Gasteiger partial charge on any atom is -0.484 e. The number of halogens is 2. The van der Waals surface area contributed by atoms with Crippen molar-refractivity contribution in [3.05, 3.63) is 51.9 Å². The highest BCUT2D eigenvalue weighted by molar-refractivity contribution is 6.35. The van der Waals surface area contributed by atoms with Crippen molar-refractivity contribution in [2.24, 2.45) is 0 Å². The lowest BCUT2D eigenvalue weighted by atomic mass is 10.3. The summed E-state index contributed by atoms with van der Waals surface area (Å²) in [6.07, 6.45) is 0. The van der Waals surface area contributed by atoms with Gasteiger partial charge in [-0.2, -0.15) is 0 Å². The molecule has 1 aromatic carbocycles. The van der Waals surface area contributed by atoms with Crippen LogP contribution in [0.5, 0.6) is 5.75 Å². The Balaban J connectivity index is 1.92. The van der Waals surface area contributed by atoms with E-state index in [4.69, 9.17) is 32.4 Å². The number of ether oxygens (including phenoxy) is 1. The van der Waals surface area contributed by atoms with Gasteiger partial charge in [-0.25, -0.2) is 0 Å². The molecule has 5 heteroatoms. The molecule has 2 aromatic rings. The van der Waals surface area contributed by atoms with Crippen LogP contribution in [0.3, 0.4) is 0 Å². The molecule has 102 valence electrons. The van der Waals surface area contributed by atoms with Gasteiger partial charge in [0.25, 0.3) is 0 Å². The average Bonchev–Trinajstić information content (AvgIpc) is 2.83. The number of rotatable bonds is 6. The van der Waals surface area contributed by atoms with Crippen molar-refractivity contribution in [2.45, 2.75) is 20.1 Å². The van der Waals surface area contributed by atoms with Crippen LogP contribution in [-0.4, -0.2) is 6.54 Å². The van der Waals surface area contributed by atoms with Crippen LogP contribution >= 0.6 is 23.2 Å². The third-order valence-electron chi connectivity index (χ3n) is 2.53. The molecule has 0 fully saturated rings. The first-order chi connectivity index (χ1) is 9.19. The van der Waals surface area contributed by atoms with E-state index in [-0.39, 0.29) is 0 Å². The molecule has 0 atom stereocenters. The molecule has 0 amide bonds. The Morgan fingerprint density at radius 2 is 1.95 bits per heavy atom. The van der Waals surface area contributed by atoms with Crippen molar-refractivity contribution in [3.8, 4) is 5.75 Å². The number of hydrogen-bond donors (Lipinski definition) is 1. The Morgan fingerprint density at radius 3 is 2.68 bits per heavy atom. The molecule has 1 N–H and O–H groups in total. The van der Waals surface area contributed by atoms with Crippen LogP contribution in [0.1, 0.15) is 18.4 Å². The van der Waals surface area contributed by atoms with Crippen LogP contribution in [0.2, 0.25) is 10.0 Å². The minimum absolute atomic E-state index is 0.341. The summed E-state index contributed by atoms with van der Waals surface area (Å²) in [5.41, 5.74) is 0. The third-order valence-corrected chi connectivity index (χ3v) is 3.06. The van der Waals surface area contributed by atoms with Gasteiger partial charge in [-0.05, 0) is 36.9 Å². The molecule has 1 aromatic heterocycles. The normalized spacial score (nSPS) is 10.7. The molecule has 2 rings (SSSR count). The molecular formula is C14H15Cl2NO2. The van der Waals surface area contributed by atoms with Gasteiger partial charge in [0, 0.05) is 5.02 Å². The molecule has 0 saturated carbocycles. The van der Waals surface area contributed by atoms with Gasteiger partial charge in [0.05, 0.1) is 11.6 Å². The first-order valence-electron chi connectivity index (χ1n) is 6.05. The van der Waals surface area contributed by atoms with Gasteiger partial charge in [-0.15, -0.1) is 0 Å². The maximum Gasteiger partial charge on any atom is 0.146 e. The van der Waals surface area contributed by atoms with E-state index in [9.17, 15) is 0 Å². The molecule has 0 aliphatic carbocycles. The van der Waals surface area contributed by atoms with Crippen molar-refractivity contribution in [3.63, 3.8) is 0 Å². The van der Waals surface area contributed by atoms with Crippen LogP contribution in [0.4, 0.5) is 0 Å². The van der Waals surface area contributed by atoms with Crippen LogP contribution < -0.4 is 10.1 Å². The monoisotopic (exact) mass is 299 g/mol. The molecular weight excluding hydrogens is 285 g/mol. The van der Waals surface area contributed by atoms with Gasteiger partial charge in [0.2, 0.25) is 0 Å². The topological polar surface area (TPSA) is 34.4 Å². The molecule has 0 radical (unpaired) electrons. The van der Waals surface area contributed by atoms with Crippen molar-refractivity contribution in [1.29, 1.82) is 0 Å². The molecule has 0 spiro atoms. The number of nitrogens with one attached hydrogen (secondary N) is 1. The standard InChI is InChI=1S/C14H15Cl2NO2/c1-2-17-8-11-4-5-12(19-11)9-18-14-6-3-10(15)7-13(14)16/h3-7,17H,2,8-9H2,1H3. The highest BCUT2D eigenvalue weighted by atomic mass is 35.5. The highest BCUT2D eigenvalue weighted by Gasteiger charge is 2.05. The van der Waals surface area contributed by atoms with E-state index in [0.717, 1.165) is 24.6 Å². The smallest absolute Gasteiger partial charge is 0.146 e. The summed E-state index contributed by atoms with van der Waals surface area (Å²) in [5.74, 6) is 2.25. The summed E-state index contributed by atoms with van der Waals surface area (Å²) in [5, 5.41) is 4.28. The summed E-state index contributed by atoms with van der Waals surface area (Å²) < 4.78 is 11.2. The van der Waals surface area contributed by atoms with Crippen LogP contribution in [0.25, 0.3) is 0 Å². The van der Waals surface area contributed by atoms with Crippen LogP contribution in [0, 0.1) is 0 Å². The summed E-state index contributed by atoms with van der Waals surface area (Å²) in [7, 11) is 0. The fourth-order valence-electron chi connectivity index (χ4n) is 1.58. The molecule has 0 aliphatic heterocycles. The van der Waals surface area contributed by atoms with Gasteiger partial charge in [0.1, 0.15) is 23.9 Å². The second-order valence-electron chi connectivity index (χ2n) is 4.01. The average molecular weight is 300 g/mol. The Bertz CT molecular complexity index is 540. The van der Waals surface area contributed by atoms with Gasteiger partial charge in [-0.1, -0.05) is 30.1 Å². The molecule has 1 heterocycles. The molecule has 19 heavy (non-hydrogen) atoms. The molecule has 0 bridgehead atoms. The fourth-order valence-corrected chi connectivity index (χ4v) is 2.05. The number of benzene rings is 1. The van der Waals surface area contributed by atoms with Crippen molar-refractivity contribution < 1.29 is 9.15 Å². The third kappa shape index (κ3) is 4.16. The van der Waals surface area contributed by atoms with Gasteiger partial charge >= 0.3 is 0 Å². The summed E-state index contributed by atoms with van der Waals surface area (Å²) in [6.45, 7) is 4.02. The Labute approximate surface area is 122 Å². The summed E-state index contributed by atoms with van der Waals surface area (Å²) in [4.78, 5) is 0. The van der Waals surface area contributed by atoms with E-state index in [1.807, 2.05) is 12.1 Å². The first-order valence-corrected chi connectivity index (χ1v) is 6.80. The lowest BCUT2D eigenvalue weighted by Crippen LogP contribution is -2.10. The van der Waals surface area contributed by atoms with Gasteiger partial charge in [0.15, 0.2) is 0 Å². The Kier molecular flexibility index (Phi) is 5.14. The van der Waals surface area contributed by atoms with Crippen molar-refractivity contribution in [1.82, 2.24) is 5.32 Å². The lowest BCUT2D eigenvalue weighted by molar-refractivity contribution is 0.265. The Morgan fingerprint density at radius 1 is 1.16 bits per heavy atom. The van der Waals surface area contributed by atoms with E-state index in [1.165, 1.54) is 0 Å². The predicted octanol–water partition coefficient (Wildman–Crippen LogP) is 4.27. The molecule has 3 nitrogen and oxygen atoms in total. The zero-order valence-corrected chi connectivity index (χ0v) is 12.1. The van der Waals surface area contributed by atoms with Crippen LogP contribution in [-0.2, 0) is 13.2 Å². The molecule has 0 saturated heterocycles. The fraction of sp³-hybridized carbons (Fsp3) is 0.286. The lowest BCUT2D eigenvalue weighted by Gasteiger charge is -2.06. The SMILES string of the molecule is CCNCc1ccc(COc2ccc(Cl)cc2Cl)o1. The highest BCUT2D eigenvalue weighted by Crippen LogP contribution is 2.28. The second kappa shape index (κ2) is 6.85. The number of furan rings is 1. The molecule has 0 unspecified atom stereocenters. The largest absolute Gasteiger partial charge is 0.484 e. The predicted molar refractivity (Wildman–Crippen MR) is 76.9 cm³/mol. The summed E-state index contributed by atoms with van der Waals surface area (Å²) in [6, 6.07) is 8.97. The van der Waals surface area contributed by atoms with E-state index in [1.54, 1.807) is 18.2 Å². The molecule has 0 aliphatic rings. The Hall–Kier alpha value is -1.16. The first kappa shape index (κ1) is 14.3. The van der Waals surface area contributed by atoms with Crippen molar-refractivity contribution in [2.75, 3.05) is 6.54 Å². The van der Waals surface area contributed by atoms with E-state index >= 15 is 0 Å². The maximum atomic E-state index is 6.02. The number of hydrogen-bond acceptors (Lipinski definition) is 3. The zero-order valence-electron chi connectivity index (χ0n) is 10.6. The van der Waals surface area contributed by atoms with Gasteiger partial charge < -0.3 is 14.5 Å². The van der Waals surface area contributed by atoms with E-state index in [2.05, 4.69) is 12.2 Å². The van der Waals surface area contributed by atoms with E-state index in [0.29, 0.717) is 22.4 Å². The summed E-state index contributed by atoms with van der Waals surface area (Å²) >= 11 is 11.8. The second-order valence-corrected chi connectivity index (χ2v) is 4.86. The van der Waals surface area contributed by atoms with E-state index < -0.39 is 0 Å². The quantitative estimate of drug-likeness (QED) is 0.865. The van der Waals surface area contributed by atoms with Crippen molar-refractivity contribution >= 4 is 23.2 Å². The zero-order chi connectivity index (χ0) is 13.7.